The first-order valence-corrected chi connectivity index (χ1v) is 10.3. The SMILES string of the molecule is CCN(C#N)C(=O)C(Cc1csc2ccccc12)NC(=O)Nc1ccc([N+](=O)[O-])cc1. The number of carbonyl (C=O) groups excluding carboxylic acids is 2. The number of benzene rings is 2. The molecule has 1 unspecified atom stereocenters. The number of carbonyl (C=O) groups is 2. The molecular formula is C21H19N5O4S. The summed E-state index contributed by atoms with van der Waals surface area (Å²) in [6, 6.07) is 11.5. The van der Waals surface area contributed by atoms with E-state index in [1.54, 1.807) is 6.92 Å². The van der Waals surface area contributed by atoms with Crippen molar-refractivity contribution in [1.82, 2.24) is 10.2 Å². The molecule has 1 atom stereocenters. The summed E-state index contributed by atoms with van der Waals surface area (Å²) < 4.78 is 1.06. The predicted molar refractivity (Wildman–Crippen MR) is 118 cm³/mol. The van der Waals surface area contributed by atoms with Crippen LogP contribution < -0.4 is 10.6 Å². The Morgan fingerprint density at radius 1 is 1.23 bits per heavy atom. The smallest absolute Gasteiger partial charge is 0.319 e. The van der Waals surface area contributed by atoms with Gasteiger partial charge in [-0.2, -0.15) is 5.26 Å². The van der Waals surface area contributed by atoms with Crippen LogP contribution in [0.2, 0.25) is 0 Å². The molecule has 31 heavy (non-hydrogen) atoms. The maximum atomic E-state index is 12.9. The number of urea groups is 1. The largest absolute Gasteiger partial charge is 0.326 e. The lowest BCUT2D eigenvalue weighted by molar-refractivity contribution is -0.384. The fraction of sp³-hybridized carbons (Fsp3) is 0.190. The molecule has 10 heteroatoms. The lowest BCUT2D eigenvalue weighted by atomic mass is 10.0. The van der Waals surface area contributed by atoms with Crippen LogP contribution in [-0.4, -0.2) is 34.3 Å². The van der Waals surface area contributed by atoms with Crippen molar-refractivity contribution in [3.05, 3.63) is 69.6 Å². The number of fused-ring (bicyclic) bond motifs is 1. The number of nitrogens with one attached hydrogen (secondary N) is 2. The molecule has 0 aliphatic heterocycles. The third-order valence-corrected chi connectivity index (χ3v) is 5.64. The van der Waals surface area contributed by atoms with Crippen molar-refractivity contribution >= 4 is 44.7 Å². The monoisotopic (exact) mass is 437 g/mol. The number of nitro groups is 1. The molecular weight excluding hydrogens is 418 g/mol. The summed E-state index contributed by atoms with van der Waals surface area (Å²) in [5, 5.41) is 28.1. The van der Waals surface area contributed by atoms with E-state index >= 15 is 0 Å². The van der Waals surface area contributed by atoms with Crippen LogP contribution in [0.15, 0.2) is 53.9 Å². The summed E-state index contributed by atoms with van der Waals surface area (Å²) in [6.07, 6.45) is 2.06. The van der Waals surface area contributed by atoms with Gasteiger partial charge in [-0.15, -0.1) is 11.3 Å². The molecule has 3 aromatic rings. The molecule has 9 nitrogen and oxygen atoms in total. The summed E-state index contributed by atoms with van der Waals surface area (Å²) >= 11 is 1.54. The molecule has 3 rings (SSSR count). The van der Waals surface area contributed by atoms with E-state index < -0.39 is 22.9 Å². The van der Waals surface area contributed by atoms with E-state index in [4.69, 9.17) is 0 Å². The molecule has 0 aliphatic carbocycles. The number of nitriles is 1. The van der Waals surface area contributed by atoms with Gasteiger partial charge in [0.25, 0.3) is 11.6 Å². The summed E-state index contributed by atoms with van der Waals surface area (Å²) in [4.78, 5) is 36.6. The zero-order chi connectivity index (χ0) is 22.4. The van der Waals surface area contributed by atoms with Crippen molar-refractivity contribution in [1.29, 1.82) is 5.26 Å². The molecule has 0 bridgehead atoms. The lowest BCUT2D eigenvalue weighted by Crippen LogP contribution is -2.49. The van der Waals surface area contributed by atoms with E-state index in [1.165, 1.54) is 35.6 Å². The Kier molecular flexibility index (Phi) is 6.79. The summed E-state index contributed by atoms with van der Waals surface area (Å²) in [6.45, 7) is 1.86. The van der Waals surface area contributed by atoms with E-state index in [0.29, 0.717) is 5.69 Å². The highest BCUT2D eigenvalue weighted by molar-refractivity contribution is 7.17. The van der Waals surface area contributed by atoms with E-state index in [-0.39, 0.29) is 18.7 Å². The Morgan fingerprint density at radius 2 is 1.94 bits per heavy atom. The minimum atomic E-state index is -0.962. The van der Waals surface area contributed by atoms with Gasteiger partial charge in [-0.3, -0.25) is 14.9 Å². The fourth-order valence-electron chi connectivity index (χ4n) is 3.07. The van der Waals surface area contributed by atoms with Crippen LogP contribution in [-0.2, 0) is 11.2 Å². The van der Waals surface area contributed by atoms with Crippen molar-refractivity contribution in [2.45, 2.75) is 19.4 Å². The average molecular weight is 437 g/mol. The van der Waals surface area contributed by atoms with Gasteiger partial charge >= 0.3 is 6.03 Å². The third-order valence-electron chi connectivity index (χ3n) is 4.63. The lowest BCUT2D eigenvalue weighted by Gasteiger charge is -2.22. The molecule has 0 fully saturated rings. The van der Waals surface area contributed by atoms with E-state index in [0.717, 1.165) is 20.5 Å². The maximum Gasteiger partial charge on any atom is 0.319 e. The minimum absolute atomic E-state index is 0.101. The number of amides is 3. The van der Waals surface area contributed by atoms with E-state index in [9.17, 15) is 25.0 Å². The number of hydrogen-bond donors (Lipinski definition) is 2. The molecule has 1 heterocycles. The molecule has 2 N–H and O–H groups in total. The Labute approximate surface area is 182 Å². The molecule has 0 saturated heterocycles. The van der Waals surface area contributed by atoms with Gasteiger partial charge in [0.1, 0.15) is 6.04 Å². The molecule has 2 aromatic carbocycles. The summed E-state index contributed by atoms with van der Waals surface area (Å²) in [7, 11) is 0. The Hall–Kier alpha value is -3.97. The van der Waals surface area contributed by atoms with Gasteiger partial charge in [0.2, 0.25) is 0 Å². The second-order valence-corrected chi connectivity index (χ2v) is 7.51. The predicted octanol–water partition coefficient (Wildman–Crippen LogP) is 3.87. The zero-order valence-corrected chi connectivity index (χ0v) is 17.4. The third kappa shape index (κ3) is 5.15. The fourth-order valence-corrected chi connectivity index (χ4v) is 4.04. The highest BCUT2D eigenvalue weighted by Crippen LogP contribution is 2.27. The van der Waals surface area contributed by atoms with Gasteiger partial charge in [-0.25, -0.2) is 9.69 Å². The molecule has 0 spiro atoms. The summed E-state index contributed by atoms with van der Waals surface area (Å²) in [5.74, 6) is -0.515. The number of nitro benzene ring substituents is 1. The Balaban J connectivity index is 1.79. The minimum Gasteiger partial charge on any atom is -0.326 e. The van der Waals surface area contributed by atoms with Crippen LogP contribution in [0.1, 0.15) is 12.5 Å². The number of anilines is 1. The molecule has 1 aromatic heterocycles. The van der Waals surface area contributed by atoms with Crippen molar-refractivity contribution in [2.24, 2.45) is 0 Å². The first-order valence-electron chi connectivity index (χ1n) is 9.41. The van der Waals surface area contributed by atoms with Crippen molar-refractivity contribution in [2.75, 3.05) is 11.9 Å². The number of likely N-dealkylation sites (N-methyl/N-ethyl adjacent to an activating group) is 1. The van der Waals surface area contributed by atoms with Crippen LogP contribution in [0.25, 0.3) is 10.1 Å². The van der Waals surface area contributed by atoms with Crippen LogP contribution >= 0.6 is 11.3 Å². The topological polar surface area (TPSA) is 128 Å². The first kappa shape index (κ1) is 21.7. The molecule has 0 radical (unpaired) electrons. The van der Waals surface area contributed by atoms with Crippen LogP contribution in [0.3, 0.4) is 0 Å². The van der Waals surface area contributed by atoms with Gasteiger partial charge in [0.05, 0.1) is 4.92 Å². The molecule has 0 saturated carbocycles. The number of nitrogens with zero attached hydrogens (tertiary/aromatic N) is 3. The maximum absolute atomic E-state index is 12.9. The normalized spacial score (nSPS) is 11.4. The van der Waals surface area contributed by atoms with Crippen LogP contribution in [0.4, 0.5) is 16.2 Å². The number of non-ortho nitro benzene ring substituents is 1. The second kappa shape index (κ2) is 9.69. The van der Waals surface area contributed by atoms with E-state index in [1.807, 2.05) is 35.8 Å². The van der Waals surface area contributed by atoms with Gasteiger partial charge in [-0.05, 0) is 41.5 Å². The van der Waals surface area contributed by atoms with Gasteiger partial charge in [-0.1, -0.05) is 18.2 Å². The highest BCUT2D eigenvalue weighted by atomic mass is 32.1. The van der Waals surface area contributed by atoms with Gasteiger partial charge < -0.3 is 10.6 Å². The van der Waals surface area contributed by atoms with Crippen molar-refractivity contribution < 1.29 is 14.5 Å². The van der Waals surface area contributed by atoms with Crippen molar-refractivity contribution in [3.8, 4) is 6.19 Å². The zero-order valence-electron chi connectivity index (χ0n) is 16.6. The molecule has 158 valence electrons. The first-order chi connectivity index (χ1) is 14.9. The molecule has 3 amide bonds. The van der Waals surface area contributed by atoms with Crippen molar-refractivity contribution in [3.63, 3.8) is 0 Å². The van der Waals surface area contributed by atoms with Crippen LogP contribution in [0, 0.1) is 21.6 Å². The quantitative estimate of drug-likeness (QED) is 0.251. The number of hydrogen-bond acceptors (Lipinski definition) is 6. The van der Waals surface area contributed by atoms with Gasteiger partial charge in [0, 0.05) is 35.5 Å². The number of rotatable bonds is 7. The Morgan fingerprint density at radius 3 is 2.58 bits per heavy atom. The van der Waals surface area contributed by atoms with Gasteiger partial charge in [0.15, 0.2) is 6.19 Å². The number of thiophene rings is 1. The average Bonchev–Trinajstić information content (AvgIpc) is 3.17. The highest BCUT2D eigenvalue weighted by Gasteiger charge is 2.27. The standard InChI is InChI=1S/C21H19N5O4S/c1-2-25(13-22)20(27)18(11-14-12-31-19-6-4-3-5-17(14)19)24-21(28)23-15-7-9-16(10-8-15)26(29)30/h3-10,12,18H,2,11H2,1H3,(H2,23,24,28). The van der Waals surface area contributed by atoms with E-state index in [2.05, 4.69) is 10.6 Å². The molecule has 0 aliphatic rings. The summed E-state index contributed by atoms with van der Waals surface area (Å²) in [5.41, 5.74) is 1.13. The Bertz CT molecular complexity index is 1150. The van der Waals surface area contributed by atoms with Crippen LogP contribution in [0.5, 0.6) is 0 Å². The second-order valence-electron chi connectivity index (χ2n) is 6.60.